The molecule has 0 aromatic heterocycles. The molecule has 0 heterocycles. The van der Waals surface area contributed by atoms with Gasteiger partial charge in [0, 0.05) is 6.08 Å². The number of rotatable bonds is 1. The molecule has 2 nitrogen and oxygen atoms in total. The molecule has 0 spiro atoms. The summed E-state index contributed by atoms with van der Waals surface area (Å²) in [5, 5.41) is 8.17. The van der Waals surface area contributed by atoms with E-state index in [1.807, 2.05) is 6.92 Å². The Kier molecular flexibility index (Phi) is 1.08. The van der Waals surface area contributed by atoms with Crippen LogP contribution in [0, 0.1) is 5.92 Å². The van der Waals surface area contributed by atoms with Crippen LogP contribution in [0.3, 0.4) is 0 Å². The maximum atomic E-state index is 9.92. The van der Waals surface area contributed by atoms with Crippen LogP contribution < -0.4 is 0 Å². The molecule has 8 heavy (non-hydrogen) atoms. The van der Waals surface area contributed by atoms with E-state index >= 15 is 0 Å². The molecular formula is C6H8O2. The third kappa shape index (κ3) is 1.09. The van der Waals surface area contributed by atoms with Gasteiger partial charge in [0.25, 0.3) is 0 Å². The molecule has 0 saturated heterocycles. The predicted octanol–water partition coefficient (Wildman–Crippen LogP) is 1.04. The first-order valence-electron chi connectivity index (χ1n) is 2.63. The van der Waals surface area contributed by atoms with Crippen molar-refractivity contribution in [2.45, 2.75) is 13.3 Å². The van der Waals surface area contributed by atoms with Gasteiger partial charge in [-0.3, -0.25) is 0 Å². The first-order valence-corrected chi connectivity index (χ1v) is 2.63. The minimum atomic E-state index is -0.815. The van der Waals surface area contributed by atoms with Crippen LogP contribution in [0.15, 0.2) is 11.6 Å². The highest BCUT2D eigenvalue weighted by molar-refractivity contribution is 5.81. The summed E-state index contributed by atoms with van der Waals surface area (Å²) in [5.41, 5.74) is 1.07. The molecule has 0 amide bonds. The maximum absolute atomic E-state index is 9.92. The quantitative estimate of drug-likeness (QED) is 0.514. The van der Waals surface area contributed by atoms with Gasteiger partial charge in [-0.05, 0) is 12.3 Å². The fourth-order valence-corrected chi connectivity index (χ4v) is 0.654. The fraction of sp³-hybridized carbons (Fsp3) is 0.500. The zero-order valence-corrected chi connectivity index (χ0v) is 4.72. The van der Waals surface area contributed by atoms with Crippen molar-refractivity contribution in [2.75, 3.05) is 0 Å². The SMILES string of the molecule is C[C@@H]1C/C1=C\C(=O)O. The van der Waals surface area contributed by atoms with Crippen LogP contribution in [0.5, 0.6) is 0 Å². The monoisotopic (exact) mass is 112 g/mol. The van der Waals surface area contributed by atoms with Gasteiger partial charge in [0.15, 0.2) is 0 Å². The highest BCUT2D eigenvalue weighted by Gasteiger charge is 2.24. The zero-order valence-electron chi connectivity index (χ0n) is 4.72. The minimum absolute atomic E-state index is 0.533. The van der Waals surface area contributed by atoms with Gasteiger partial charge in [-0.2, -0.15) is 0 Å². The molecule has 1 aliphatic carbocycles. The highest BCUT2D eigenvalue weighted by atomic mass is 16.4. The van der Waals surface area contributed by atoms with Crippen LogP contribution in [0.25, 0.3) is 0 Å². The van der Waals surface area contributed by atoms with Crippen molar-refractivity contribution in [3.63, 3.8) is 0 Å². The second kappa shape index (κ2) is 1.62. The van der Waals surface area contributed by atoms with Crippen LogP contribution in [-0.2, 0) is 4.79 Å². The number of hydrogen-bond acceptors (Lipinski definition) is 1. The smallest absolute Gasteiger partial charge is 0.328 e. The number of carboxylic acids is 1. The van der Waals surface area contributed by atoms with Crippen molar-refractivity contribution in [3.05, 3.63) is 11.6 Å². The predicted molar refractivity (Wildman–Crippen MR) is 29.5 cm³/mol. The molecule has 2 heteroatoms. The average molecular weight is 112 g/mol. The van der Waals surface area contributed by atoms with Crippen molar-refractivity contribution < 1.29 is 9.90 Å². The first-order chi connectivity index (χ1) is 3.70. The lowest BCUT2D eigenvalue weighted by molar-refractivity contribution is -0.131. The Morgan fingerprint density at radius 2 is 2.50 bits per heavy atom. The normalized spacial score (nSPS) is 30.6. The molecule has 0 aromatic carbocycles. The molecule has 1 atom stereocenters. The third-order valence-electron chi connectivity index (χ3n) is 1.32. The summed E-state index contributed by atoms with van der Waals surface area (Å²) in [6, 6.07) is 0. The molecule has 0 aromatic rings. The Labute approximate surface area is 47.8 Å². The summed E-state index contributed by atoms with van der Waals surface area (Å²) in [5.74, 6) is -0.282. The molecule has 1 saturated carbocycles. The lowest BCUT2D eigenvalue weighted by atomic mass is 10.4. The van der Waals surface area contributed by atoms with E-state index in [4.69, 9.17) is 5.11 Å². The minimum Gasteiger partial charge on any atom is -0.478 e. The Hall–Kier alpha value is -0.790. The second-order valence-electron chi connectivity index (χ2n) is 2.16. The van der Waals surface area contributed by atoms with Crippen LogP contribution in [0.1, 0.15) is 13.3 Å². The van der Waals surface area contributed by atoms with Crippen molar-refractivity contribution >= 4 is 5.97 Å². The summed E-state index contributed by atoms with van der Waals surface area (Å²) in [4.78, 5) is 9.92. The molecule has 1 fully saturated rings. The molecule has 1 aliphatic rings. The molecule has 0 unspecified atom stereocenters. The maximum Gasteiger partial charge on any atom is 0.328 e. The zero-order chi connectivity index (χ0) is 6.15. The van der Waals surface area contributed by atoms with E-state index in [0.29, 0.717) is 5.92 Å². The van der Waals surface area contributed by atoms with E-state index < -0.39 is 5.97 Å². The standard InChI is InChI=1S/C6H8O2/c1-4-2-5(4)3-6(7)8/h3-4H,2H2,1H3,(H,7,8)/b5-3+/t4-/m1/s1. The van der Waals surface area contributed by atoms with Crippen LogP contribution in [0.4, 0.5) is 0 Å². The molecule has 44 valence electrons. The van der Waals surface area contributed by atoms with Crippen LogP contribution in [-0.4, -0.2) is 11.1 Å². The van der Waals surface area contributed by atoms with Gasteiger partial charge < -0.3 is 5.11 Å². The Bertz CT molecular complexity index is 147. The largest absolute Gasteiger partial charge is 0.478 e. The Balaban J connectivity index is 2.47. The average Bonchev–Trinajstić information content (AvgIpc) is 2.17. The lowest BCUT2D eigenvalue weighted by Crippen LogP contribution is -1.85. The highest BCUT2D eigenvalue weighted by Crippen LogP contribution is 2.36. The molecule has 1 N–H and O–H groups in total. The van der Waals surface area contributed by atoms with Gasteiger partial charge in [0.1, 0.15) is 0 Å². The Morgan fingerprint density at radius 1 is 2.00 bits per heavy atom. The van der Waals surface area contributed by atoms with E-state index in [9.17, 15) is 4.79 Å². The molecule has 0 bridgehead atoms. The van der Waals surface area contributed by atoms with Gasteiger partial charge >= 0.3 is 5.97 Å². The number of allylic oxidation sites excluding steroid dienone is 1. The summed E-state index contributed by atoms with van der Waals surface area (Å²) >= 11 is 0. The number of hydrogen-bond donors (Lipinski definition) is 1. The topological polar surface area (TPSA) is 37.3 Å². The van der Waals surface area contributed by atoms with Crippen molar-refractivity contribution in [2.24, 2.45) is 5.92 Å². The van der Waals surface area contributed by atoms with Crippen LogP contribution >= 0.6 is 0 Å². The molecule has 0 aliphatic heterocycles. The first kappa shape index (κ1) is 5.35. The molecule has 1 rings (SSSR count). The number of carboxylic acid groups (broad SMARTS) is 1. The number of carbonyl (C=O) groups is 1. The third-order valence-corrected chi connectivity index (χ3v) is 1.32. The van der Waals surface area contributed by atoms with E-state index in [-0.39, 0.29) is 0 Å². The van der Waals surface area contributed by atoms with Gasteiger partial charge in [-0.1, -0.05) is 12.5 Å². The van der Waals surface area contributed by atoms with E-state index in [1.54, 1.807) is 0 Å². The van der Waals surface area contributed by atoms with Gasteiger partial charge in [-0.25, -0.2) is 4.79 Å². The fourth-order valence-electron chi connectivity index (χ4n) is 0.654. The Morgan fingerprint density at radius 3 is 2.62 bits per heavy atom. The van der Waals surface area contributed by atoms with Gasteiger partial charge in [0.2, 0.25) is 0 Å². The van der Waals surface area contributed by atoms with E-state index in [0.717, 1.165) is 12.0 Å². The van der Waals surface area contributed by atoms with Gasteiger partial charge in [-0.15, -0.1) is 0 Å². The van der Waals surface area contributed by atoms with Crippen molar-refractivity contribution in [1.82, 2.24) is 0 Å². The summed E-state index contributed by atoms with van der Waals surface area (Å²) in [6.07, 6.45) is 2.27. The lowest BCUT2D eigenvalue weighted by Gasteiger charge is -1.73. The summed E-state index contributed by atoms with van der Waals surface area (Å²) in [7, 11) is 0. The van der Waals surface area contributed by atoms with Gasteiger partial charge in [0.05, 0.1) is 0 Å². The van der Waals surface area contributed by atoms with Crippen molar-refractivity contribution in [1.29, 1.82) is 0 Å². The van der Waals surface area contributed by atoms with E-state index in [1.165, 1.54) is 6.08 Å². The number of aliphatic carboxylic acids is 1. The van der Waals surface area contributed by atoms with E-state index in [2.05, 4.69) is 0 Å². The summed E-state index contributed by atoms with van der Waals surface area (Å²) in [6.45, 7) is 2.02. The summed E-state index contributed by atoms with van der Waals surface area (Å²) < 4.78 is 0. The molecular weight excluding hydrogens is 104 g/mol. The van der Waals surface area contributed by atoms with Crippen LogP contribution in [0.2, 0.25) is 0 Å². The second-order valence-corrected chi connectivity index (χ2v) is 2.16. The van der Waals surface area contributed by atoms with Crippen molar-refractivity contribution in [3.8, 4) is 0 Å². The molecule has 0 radical (unpaired) electrons.